The van der Waals surface area contributed by atoms with Gasteiger partial charge in [0.25, 0.3) is 0 Å². The molecule has 0 aliphatic carbocycles. The summed E-state index contributed by atoms with van der Waals surface area (Å²) >= 11 is 0. The van der Waals surface area contributed by atoms with Gasteiger partial charge in [-0.3, -0.25) is 4.79 Å². The van der Waals surface area contributed by atoms with Gasteiger partial charge in [0.05, 0.1) is 5.31 Å². The van der Waals surface area contributed by atoms with Crippen molar-refractivity contribution in [3.63, 3.8) is 0 Å². The van der Waals surface area contributed by atoms with Crippen LogP contribution < -0.4 is 5.73 Å². The van der Waals surface area contributed by atoms with Gasteiger partial charge in [-0.05, 0) is 0 Å². The topological polar surface area (TPSA) is 43.1 Å². The normalized spacial score (nSPS) is 13.4. The molecule has 0 fully saturated rings. The molecule has 0 radical (unpaired) electrons. The predicted molar refractivity (Wildman–Crippen MR) is 33.0 cm³/mol. The van der Waals surface area contributed by atoms with Crippen LogP contribution in [-0.2, 0) is 4.79 Å². The van der Waals surface area contributed by atoms with Crippen molar-refractivity contribution in [1.82, 2.24) is 0 Å². The Hall–Kier alpha value is -0.570. The van der Waals surface area contributed by atoms with E-state index < -0.39 is 17.4 Å². The van der Waals surface area contributed by atoms with Crippen molar-refractivity contribution < 1.29 is 18.0 Å². The second-order valence-electron chi connectivity index (χ2n) is 1.50. The summed E-state index contributed by atoms with van der Waals surface area (Å²) in [4.78, 5) is 9.89. The second-order valence-corrected chi connectivity index (χ2v) is 2.12. The van der Waals surface area contributed by atoms with Gasteiger partial charge in [0, 0.05) is 6.08 Å². The second kappa shape index (κ2) is 3.01. The van der Waals surface area contributed by atoms with Gasteiger partial charge in [-0.15, -0.1) is 9.24 Å². The average Bonchev–Trinajstić information content (AvgIpc) is 1.60. The molecule has 1 unspecified atom stereocenters. The summed E-state index contributed by atoms with van der Waals surface area (Å²) in [5.74, 6) is -1.11. The average molecular weight is 171 g/mol. The first-order valence-corrected chi connectivity index (χ1v) is 2.75. The quantitative estimate of drug-likeness (QED) is 0.460. The molecule has 0 saturated carbocycles. The Bertz CT molecular complexity index is 174. The van der Waals surface area contributed by atoms with Crippen molar-refractivity contribution in [1.29, 1.82) is 0 Å². The molecule has 0 aliphatic rings. The molecule has 1 amide bonds. The maximum Gasteiger partial charge on any atom is 0.416 e. The Morgan fingerprint density at radius 2 is 1.90 bits per heavy atom. The highest BCUT2D eigenvalue weighted by Gasteiger charge is 2.30. The molecule has 2 N–H and O–H groups in total. The summed E-state index contributed by atoms with van der Waals surface area (Å²) in [5.41, 5.74) is 4.46. The third kappa shape index (κ3) is 3.45. The van der Waals surface area contributed by atoms with Crippen molar-refractivity contribution in [2.75, 3.05) is 0 Å². The van der Waals surface area contributed by atoms with E-state index in [1.165, 1.54) is 9.24 Å². The van der Waals surface area contributed by atoms with Gasteiger partial charge in [-0.2, -0.15) is 13.2 Å². The number of rotatable bonds is 1. The number of alkyl halides is 3. The number of halogens is 3. The lowest BCUT2D eigenvalue weighted by Crippen LogP contribution is -2.12. The van der Waals surface area contributed by atoms with Crippen LogP contribution in [0.15, 0.2) is 11.4 Å². The number of primary amides is 1. The zero-order valence-electron chi connectivity index (χ0n) is 4.77. The van der Waals surface area contributed by atoms with Crippen LogP contribution in [0.2, 0.25) is 0 Å². The highest BCUT2D eigenvalue weighted by Crippen LogP contribution is 2.29. The summed E-state index contributed by atoms with van der Waals surface area (Å²) in [6, 6.07) is 0. The molecular weight excluding hydrogens is 166 g/mol. The van der Waals surface area contributed by atoms with E-state index in [1.807, 2.05) is 0 Å². The van der Waals surface area contributed by atoms with Crippen molar-refractivity contribution >= 4 is 15.1 Å². The number of carbonyl (C=O) groups is 1. The fourth-order valence-corrected chi connectivity index (χ4v) is 0.399. The first-order valence-electron chi connectivity index (χ1n) is 2.18. The Labute approximate surface area is 57.5 Å². The van der Waals surface area contributed by atoms with Crippen LogP contribution in [-0.4, -0.2) is 12.1 Å². The van der Waals surface area contributed by atoms with Crippen LogP contribution >= 0.6 is 9.24 Å². The van der Waals surface area contributed by atoms with E-state index in [2.05, 4.69) is 5.73 Å². The molecule has 0 aromatic carbocycles. The first-order chi connectivity index (χ1) is 4.34. The Kier molecular flexibility index (Phi) is 2.84. The van der Waals surface area contributed by atoms with Gasteiger partial charge in [0.2, 0.25) is 5.91 Å². The van der Waals surface area contributed by atoms with Crippen LogP contribution in [0.4, 0.5) is 13.2 Å². The summed E-state index contributed by atoms with van der Waals surface area (Å²) in [7, 11) is 1.38. The molecule has 0 bridgehead atoms. The Morgan fingerprint density at radius 1 is 1.50 bits per heavy atom. The lowest BCUT2D eigenvalue weighted by Gasteiger charge is -2.03. The summed E-state index contributed by atoms with van der Waals surface area (Å²) in [5, 5.41) is -1.07. The van der Waals surface area contributed by atoms with Gasteiger partial charge in [-0.25, -0.2) is 0 Å². The number of hydrogen-bond donors (Lipinski definition) is 1. The number of hydrogen-bond acceptors (Lipinski definition) is 1. The van der Waals surface area contributed by atoms with E-state index in [1.54, 1.807) is 0 Å². The van der Waals surface area contributed by atoms with Crippen molar-refractivity contribution in [3.05, 3.63) is 11.4 Å². The van der Waals surface area contributed by atoms with Crippen molar-refractivity contribution in [2.45, 2.75) is 6.18 Å². The van der Waals surface area contributed by atoms with Crippen molar-refractivity contribution in [3.8, 4) is 0 Å². The van der Waals surface area contributed by atoms with Crippen LogP contribution in [0.1, 0.15) is 0 Å². The molecule has 0 saturated heterocycles. The molecule has 0 spiro atoms. The predicted octanol–water partition coefficient (Wildman–Crippen LogP) is 0.793. The smallest absolute Gasteiger partial charge is 0.366 e. The van der Waals surface area contributed by atoms with Gasteiger partial charge < -0.3 is 5.73 Å². The van der Waals surface area contributed by atoms with Crippen LogP contribution in [0.25, 0.3) is 0 Å². The summed E-state index contributed by atoms with van der Waals surface area (Å²) in [6.45, 7) is 0. The number of carbonyl (C=O) groups excluding carboxylic acids is 1. The van der Waals surface area contributed by atoms with Gasteiger partial charge in [-0.1, -0.05) is 0 Å². The minimum Gasteiger partial charge on any atom is -0.366 e. The summed E-state index contributed by atoms with van der Waals surface area (Å²) < 4.78 is 34.5. The molecular formula is C4H5F3NOP. The van der Waals surface area contributed by atoms with E-state index in [-0.39, 0.29) is 0 Å². The number of amides is 1. The fraction of sp³-hybridized carbons (Fsp3) is 0.250. The van der Waals surface area contributed by atoms with E-state index in [0.29, 0.717) is 6.08 Å². The largest absolute Gasteiger partial charge is 0.416 e. The number of allylic oxidation sites excluding steroid dienone is 1. The molecule has 2 nitrogen and oxygen atoms in total. The maximum atomic E-state index is 11.5. The van der Waals surface area contributed by atoms with Crippen LogP contribution in [0.5, 0.6) is 0 Å². The van der Waals surface area contributed by atoms with Crippen molar-refractivity contribution in [2.24, 2.45) is 5.73 Å². The van der Waals surface area contributed by atoms with Crippen LogP contribution in [0, 0.1) is 0 Å². The molecule has 0 aliphatic heterocycles. The molecule has 10 heavy (non-hydrogen) atoms. The zero-order chi connectivity index (χ0) is 8.36. The van der Waals surface area contributed by atoms with Gasteiger partial charge >= 0.3 is 6.18 Å². The zero-order valence-corrected chi connectivity index (χ0v) is 5.93. The third-order valence-corrected chi connectivity index (χ3v) is 1.12. The van der Waals surface area contributed by atoms with E-state index in [0.717, 1.165) is 0 Å². The standard InChI is InChI=1S/C4H5F3NOP/c5-4(6,7)2(10)1-3(8)9/h1H,10H2,(H2,8,9)/b2-1+. The lowest BCUT2D eigenvalue weighted by atomic mass is 10.4. The lowest BCUT2D eigenvalue weighted by molar-refractivity contribution is -0.114. The molecule has 58 valence electrons. The van der Waals surface area contributed by atoms with E-state index in [4.69, 9.17) is 0 Å². The first kappa shape index (κ1) is 9.43. The van der Waals surface area contributed by atoms with Gasteiger partial charge in [0.15, 0.2) is 0 Å². The molecule has 0 aromatic rings. The van der Waals surface area contributed by atoms with Crippen LogP contribution in [0.3, 0.4) is 0 Å². The minimum atomic E-state index is -4.49. The number of nitrogens with two attached hydrogens (primary N) is 1. The third-order valence-electron chi connectivity index (χ3n) is 0.625. The van der Waals surface area contributed by atoms with E-state index in [9.17, 15) is 18.0 Å². The molecule has 0 rings (SSSR count). The Morgan fingerprint density at radius 3 is 2.00 bits per heavy atom. The Balaban J connectivity index is 4.35. The fourth-order valence-electron chi connectivity index (χ4n) is 0.235. The monoisotopic (exact) mass is 171 g/mol. The van der Waals surface area contributed by atoms with E-state index >= 15 is 0 Å². The molecule has 0 aromatic heterocycles. The summed E-state index contributed by atoms with van der Waals surface area (Å²) in [6.07, 6.45) is -4.18. The minimum absolute atomic E-state index is 0.310. The molecule has 6 heteroatoms. The highest BCUT2D eigenvalue weighted by atomic mass is 31.0. The SMILES string of the molecule is NC(=O)/C=C(/P)C(F)(F)F. The molecule has 0 heterocycles. The molecule has 1 atom stereocenters. The maximum absolute atomic E-state index is 11.5. The van der Waals surface area contributed by atoms with Gasteiger partial charge in [0.1, 0.15) is 0 Å². The highest BCUT2D eigenvalue weighted by molar-refractivity contribution is 7.22.